The first-order chi connectivity index (χ1) is 8.40. The third-order valence-corrected chi connectivity index (χ3v) is 3.83. The smallest absolute Gasteiger partial charge is 0.133 e. The molecule has 17 heavy (non-hydrogen) atoms. The van der Waals surface area contributed by atoms with Crippen LogP contribution in [0, 0.1) is 0 Å². The van der Waals surface area contributed by atoms with Gasteiger partial charge in [-0.3, -0.25) is 4.90 Å². The van der Waals surface area contributed by atoms with Crippen LogP contribution < -0.4 is 0 Å². The Kier molecular flexibility index (Phi) is 5.71. The Balaban J connectivity index is 1.55. The SMILES string of the molecule is OCC(OCCCN1CCCC1)N1CCCC1. The highest BCUT2D eigenvalue weighted by atomic mass is 16.5. The van der Waals surface area contributed by atoms with Gasteiger partial charge in [0.25, 0.3) is 0 Å². The molecule has 0 aromatic rings. The van der Waals surface area contributed by atoms with E-state index in [9.17, 15) is 5.11 Å². The Bertz CT molecular complexity index is 202. The predicted molar refractivity (Wildman–Crippen MR) is 67.9 cm³/mol. The Hall–Kier alpha value is -0.160. The largest absolute Gasteiger partial charge is 0.392 e. The molecule has 100 valence electrons. The summed E-state index contributed by atoms with van der Waals surface area (Å²) in [5.41, 5.74) is 0. The average molecular weight is 242 g/mol. The standard InChI is InChI=1S/C13H26N2O2/c16-12-13(15-9-3-4-10-15)17-11-5-8-14-6-1-2-7-14/h13,16H,1-12H2. The van der Waals surface area contributed by atoms with E-state index in [1.807, 2.05) is 0 Å². The molecule has 4 nitrogen and oxygen atoms in total. The highest BCUT2D eigenvalue weighted by molar-refractivity contribution is 4.70. The van der Waals surface area contributed by atoms with Crippen LogP contribution in [0.4, 0.5) is 0 Å². The maximum atomic E-state index is 9.32. The molecule has 2 aliphatic heterocycles. The second kappa shape index (κ2) is 7.31. The van der Waals surface area contributed by atoms with Crippen LogP contribution in [0.25, 0.3) is 0 Å². The maximum Gasteiger partial charge on any atom is 0.133 e. The zero-order valence-corrected chi connectivity index (χ0v) is 10.8. The third kappa shape index (κ3) is 4.21. The first-order valence-electron chi connectivity index (χ1n) is 7.09. The van der Waals surface area contributed by atoms with Crippen molar-refractivity contribution in [3.8, 4) is 0 Å². The van der Waals surface area contributed by atoms with Gasteiger partial charge in [0.05, 0.1) is 13.2 Å². The van der Waals surface area contributed by atoms with E-state index >= 15 is 0 Å². The number of aliphatic hydroxyl groups is 1. The lowest BCUT2D eigenvalue weighted by Crippen LogP contribution is -2.38. The second-order valence-electron chi connectivity index (χ2n) is 5.15. The van der Waals surface area contributed by atoms with Crippen LogP contribution in [0.5, 0.6) is 0 Å². The van der Waals surface area contributed by atoms with Crippen molar-refractivity contribution in [2.45, 2.75) is 38.3 Å². The van der Waals surface area contributed by atoms with Gasteiger partial charge in [-0.25, -0.2) is 0 Å². The molecule has 2 rings (SSSR count). The molecule has 2 heterocycles. The van der Waals surface area contributed by atoms with E-state index in [0.717, 1.165) is 32.7 Å². The van der Waals surface area contributed by atoms with E-state index in [2.05, 4.69) is 9.80 Å². The van der Waals surface area contributed by atoms with Crippen molar-refractivity contribution in [3.05, 3.63) is 0 Å². The molecule has 2 fully saturated rings. The van der Waals surface area contributed by atoms with Crippen molar-refractivity contribution >= 4 is 0 Å². The van der Waals surface area contributed by atoms with Crippen LogP contribution in [0.15, 0.2) is 0 Å². The Labute approximate surface area is 105 Å². The zero-order chi connectivity index (χ0) is 11.9. The number of hydrogen-bond donors (Lipinski definition) is 1. The third-order valence-electron chi connectivity index (χ3n) is 3.83. The summed E-state index contributed by atoms with van der Waals surface area (Å²) in [6, 6.07) is 0. The number of rotatable bonds is 7. The molecule has 0 aliphatic carbocycles. The molecule has 0 radical (unpaired) electrons. The van der Waals surface area contributed by atoms with Crippen LogP contribution >= 0.6 is 0 Å². The van der Waals surface area contributed by atoms with Crippen molar-refractivity contribution in [1.82, 2.24) is 9.80 Å². The molecule has 0 saturated carbocycles. The number of likely N-dealkylation sites (tertiary alicyclic amines) is 2. The summed E-state index contributed by atoms with van der Waals surface area (Å²) in [6.07, 6.45) is 6.23. The lowest BCUT2D eigenvalue weighted by molar-refractivity contribution is -0.0792. The second-order valence-corrected chi connectivity index (χ2v) is 5.15. The van der Waals surface area contributed by atoms with E-state index in [0.29, 0.717) is 0 Å². The summed E-state index contributed by atoms with van der Waals surface area (Å²) in [4.78, 5) is 4.77. The summed E-state index contributed by atoms with van der Waals surface area (Å²) < 4.78 is 5.78. The van der Waals surface area contributed by atoms with Crippen molar-refractivity contribution in [3.63, 3.8) is 0 Å². The monoisotopic (exact) mass is 242 g/mol. The van der Waals surface area contributed by atoms with Gasteiger partial charge in [0, 0.05) is 19.6 Å². The Morgan fingerprint density at radius 1 is 1.00 bits per heavy atom. The van der Waals surface area contributed by atoms with Gasteiger partial charge in [0.15, 0.2) is 0 Å². The highest BCUT2D eigenvalue weighted by Crippen LogP contribution is 2.13. The summed E-state index contributed by atoms with van der Waals surface area (Å²) >= 11 is 0. The van der Waals surface area contributed by atoms with Gasteiger partial charge in [-0.1, -0.05) is 0 Å². The van der Waals surface area contributed by atoms with Crippen LogP contribution in [-0.4, -0.2) is 67.1 Å². The van der Waals surface area contributed by atoms with Gasteiger partial charge in [0.2, 0.25) is 0 Å². The fourth-order valence-electron chi connectivity index (χ4n) is 2.82. The van der Waals surface area contributed by atoms with Crippen LogP contribution in [0.2, 0.25) is 0 Å². The predicted octanol–water partition coefficient (Wildman–Crippen LogP) is 0.903. The summed E-state index contributed by atoms with van der Waals surface area (Å²) in [5.74, 6) is 0. The molecule has 4 heteroatoms. The lowest BCUT2D eigenvalue weighted by atomic mass is 10.4. The van der Waals surface area contributed by atoms with Crippen LogP contribution in [0.3, 0.4) is 0 Å². The molecule has 0 bridgehead atoms. The Morgan fingerprint density at radius 3 is 2.29 bits per heavy atom. The van der Waals surface area contributed by atoms with Gasteiger partial charge < -0.3 is 14.7 Å². The van der Waals surface area contributed by atoms with Gasteiger partial charge in [0.1, 0.15) is 6.23 Å². The number of nitrogens with zero attached hydrogens (tertiary/aromatic N) is 2. The highest BCUT2D eigenvalue weighted by Gasteiger charge is 2.21. The van der Waals surface area contributed by atoms with Crippen LogP contribution in [0.1, 0.15) is 32.1 Å². The Morgan fingerprint density at radius 2 is 1.65 bits per heavy atom. The molecule has 2 aliphatic rings. The average Bonchev–Trinajstić information content (AvgIpc) is 3.01. The molecule has 0 aromatic heterocycles. The molecule has 0 amide bonds. The fraction of sp³-hybridized carbons (Fsp3) is 1.00. The zero-order valence-electron chi connectivity index (χ0n) is 10.8. The topological polar surface area (TPSA) is 35.9 Å². The van der Waals surface area contributed by atoms with Crippen molar-refractivity contribution in [2.24, 2.45) is 0 Å². The van der Waals surface area contributed by atoms with Crippen LogP contribution in [-0.2, 0) is 4.74 Å². The van der Waals surface area contributed by atoms with Crippen molar-refractivity contribution < 1.29 is 9.84 Å². The number of hydrogen-bond acceptors (Lipinski definition) is 4. The van der Waals surface area contributed by atoms with Gasteiger partial charge in [-0.05, 0) is 45.2 Å². The van der Waals surface area contributed by atoms with E-state index in [4.69, 9.17) is 4.74 Å². The fourth-order valence-corrected chi connectivity index (χ4v) is 2.82. The van der Waals surface area contributed by atoms with E-state index < -0.39 is 0 Å². The summed E-state index contributed by atoms with van der Waals surface area (Å²) in [5, 5.41) is 9.32. The molecule has 1 atom stereocenters. The van der Waals surface area contributed by atoms with E-state index in [-0.39, 0.29) is 12.8 Å². The minimum Gasteiger partial charge on any atom is -0.392 e. The molecule has 0 aromatic carbocycles. The summed E-state index contributed by atoms with van der Waals surface area (Å²) in [6.45, 7) is 6.74. The number of aliphatic hydroxyl groups excluding tert-OH is 1. The minimum absolute atomic E-state index is 0.0592. The van der Waals surface area contributed by atoms with E-state index in [1.165, 1.54) is 38.8 Å². The molecular weight excluding hydrogens is 216 g/mol. The molecule has 2 saturated heterocycles. The summed E-state index contributed by atoms with van der Waals surface area (Å²) in [7, 11) is 0. The minimum atomic E-state index is -0.0592. The molecule has 0 spiro atoms. The van der Waals surface area contributed by atoms with Crippen molar-refractivity contribution in [1.29, 1.82) is 0 Å². The first-order valence-corrected chi connectivity index (χ1v) is 7.09. The first kappa shape index (κ1) is 13.3. The number of ether oxygens (including phenoxy) is 1. The normalized spacial score (nSPS) is 24.5. The molecular formula is C13H26N2O2. The van der Waals surface area contributed by atoms with Gasteiger partial charge in [-0.2, -0.15) is 0 Å². The van der Waals surface area contributed by atoms with E-state index in [1.54, 1.807) is 0 Å². The lowest BCUT2D eigenvalue weighted by Gasteiger charge is -2.26. The molecule has 1 unspecified atom stereocenters. The van der Waals surface area contributed by atoms with Gasteiger partial charge in [-0.15, -0.1) is 0 Å². The maximum absolute atomic E-state index is 9.32. The van der Waals surface area contributed by atoms with Crippen molar-refractivity contribution in [2.75, 3.05) is 45.9 Å². The van der Waals surface area contributed by atoms with Gasteiger partial charge >= 0.3 is 0 Å². The quantitative estimate of drug-likeness (QED) is 0.673. The molecule has 1 N–H and O–H groups in total.